The fourth-order valence-corrected chi connectivity index (χ4v) is 8.86. The van der Waals surface area contributed by atoms with Crippen LogP contribution >= 0.6 is 7.82 Å². The quantitative estimate of drug-likeness (QED) is 0.0161. The molecule has 0 aliphatic rings. The van der Waals surface area contributed by atoms with E-state index in [9.17, 15) is 19.0 Å². The average Bonchev–Trinajstić information content (AvgIpc) is 3.37. The summed E-state index contributed by atoms with van der Waals surface area (Å²) in [6, 6.07) is -0.909. The molecule has 1 N–H and O–H groups in total. The van der Waals surface area contributed by atoms with Gasteiger partial charge in [0, 0.05) is 12.8 Å². The third-order valence-electron chi connectivity index (χ3n) is 12.8. The largest absolute Gasteiger partial charge is 0.756 e. The highest BCUT2D eigenvalue weighted by Crippen LogP contribution is 2.38. The second-order valence-corrected chi connectivity index (χ2v) is 22.6. The van der Waals surface area contributed by atoms with E-state index in [1.54, 1.807) is 0 Å². The van der Waals surface area contributed by atoms with Gasteiger partial charge in [-0.3, -0.25) is 14.2 Å². The fourth-order valence-electron chi connectivity index (χ4n) is 8.14. The van der Waals surface area contributed by atoms with Gasteiger partial charge >= 0.3 is 5.97 Å². The highest BCUT2D eigenvalue weighted by atomic mass is 31.2. The van der Waals surface area contributed by atoms with Crippen molar-refractivity contribution in [1.82, 2.24) is 5.32 Å². The lowest BCUT2D eigenvalue weighted by molar-refractivity contribution is -0.870. The normalized spacial score (nSPS) is 14.5. The van der Waals surface area contributed by atoms with Gasteiger partial charge in [0.2, 0.25) is 5.91 Å². The Morgan fingerprint density at radius 1 is 0.493 bits per heavy atom. The molecule has 0 radical (unpaired) electrons. The Labute approximate surface area is 461 Å². The maximum atomic E-state index is 13.5. The van der Waals surface area contributed by atoms with E-state index < -0.39 is 26.6 Å². The van der Waals surface area contributed by atoms with Gasteiger partial charge < -0.3 is 28.5 Å². The second-order valence-electron chi connectivity index (χ2n) is 21.1. The first kappa shape index (κ1) is 71.7. The number of quaternary nitrogens is 1. The molecule has 10 heteroatoms. The predicted molar refractivity (Wildman–Crippen MR) is 320 cm³/mol. The summed E-state index contributed by atoms with van der Waals surface area (Å²) in [6.07, 6.45) is 73.4. The molecule has 0 aromatic heterocycles. The number of likely N-dealkylation sites (N-methyl/N-ethyl adjacent to an activating group) is 1. The number of hydrogen-bond donors (Lipinski definition) is 1. The maximum absolute atomic E-state index is 13.5. The van der Waals surface area contributed by atoms with Gasteiger partial charge in [0.1, 0.15) is 19.3 Å². The SMILES string of the molecule is CC/C=C\C/C=C\C/C=C\C/C=C\C/C=C\CCCCCCCCCC(=O)NC(COP(=O)([O-])OCC[N+](C)(C)C)C(/C=C\CCCCCCCCCCCCC)OC(=O)CCCCCCC\C=C/C=C/C=C/CC. The van der Waals surface area contributed by atoms with E-state index in [1.807, 2.05) is 39.4 Å². The predicted octanol–water partition coefficient (Wildman–Crippen LogP) is 17.9. The standard InChI is InChI=1S/C65H113N2O7P/c1-7-10-13-16-19-22-25-28-29-30-31-32-33-34-35-36-37-40-42-45-48-51-54-57-64(68)66-62(61-73-75(70,71)72-60-59-67(4,5)6)63(56-53-50-47-44-41-38-26-23-20-17-14-11-8-2)74-65(69)58-55-52-49-46-43-39-27-24-21-18-15-12-9-3/h10,12-13,15,18-19,21-22,24,27-29,31-32,34-35,53,56,62-63H,7-9,11,14,16-17,20,23,25-26,30,33,36-52,54-55,57-61H2,1-6H3,(H-,66,68,70,71)/b13-10-,15-12+,21-18+,22-19-,27-24-,29-28-,32-31-,35-34-,56-53-. The lowest BCUT2D eigenvalue weighted by Gasteiger charge is -2.30. The number of ether oxygens (including phenoxy) is 1. The molecule has 0 heterocycles. The van der Waals surface area contributed by atoms with Crippen LogP contribution in [0, 0.1) is 0 Å². The van der Waals surface area contributed by atoms with Crippen LogP contribution in [0.4, 0.5) is 0 Å². The zero-order chi connectivity index (χ0) is 55.0. The minimum atomic E-state index is -4.71. The molecule has 0 aliphatic carbocycles. The van der Waals surface area contributed by atoms with Crippen LogP contribution in [-0.4, -0.2) is 69.4 Å². The van der Waals surface area contributed by atoms with Gasteiger partial charge in [-0.15, -0.1) is 0 Å². The van der Waals surface area contributed by atoms with Crippen LogP contribution in [0.5, 0.6) is 0 Å². The molecule has 0 aromatic rings. The highest BCUT2D eigenvalue weighted by Gasteiger charge is 2.27. The Bertz CT molecular complexity index is 1650. The van der Waals surface area contributed by atoms with Gasteiger partial charge in [0.05, 0.1) is 33.8 Å². The van der Waals surface area contributed by atoms with Crippen LogP contribution in [0.3, 0.4) is 0 Å². The number of rotatable bonds is 53. The first-order valence-corrected chi connectivity index (χ1v) is 31.7. The van der Waals surface area contributed by atoms with Crippen LogP contribution in [0.15, 0.2) is 109 Å². The molecule has 0 aromatic carbocycles. The molecule has 430 valence electrons. The van der Waals surface area contributed by atoms with Gasteiger partial charge in [0.25, 0.3) is 7.82 Å². The molecule has 0 spiro atoms. The molecule has 3 unspecified atom stereocenters. The summed E-state index contributed by atoms with van der Waals surface area (Å²) in [5.41, 5.74) is 0. The van der Waals surface area contributed by atoms with Crippen LogP contribution in [-0.2, 0) is 27.9 Å². The van der Waals surface area contributed by atoms with Gasteiger partial charge in [-0.25, -0.2) is 0 Å². The number of unbranched alkanes of at least 4 members (excludes halogenated alkanes) is 23. The minimum Gasteiger partial charge on any atom is -0.756 e. The minimum absolute atomic E-state index is 0.0339. The van der Waals surface area contributed by atoms with Crippen LogP contribution in [0.25, 0.3) is 0 Å². The first-order chi connectivity index (χ1) is 36.4. The summed E-state index contributed by atoms with van der Waals surface area (Å²) in [6.45, 7) is 6.56. The molecular formula is C65H113N2O7P. The van der Waals surface area contributed by atoms with Crippen molar-refractivity contribution >= 4 is 19.7 Å². The van der Waals surface area contributed by atoms with Gasteiger partial charge in [-0.1, -0.05) is 240 Å². The molecule has 75 heavy (non-hydrogen) atoms. The Morgan fingerprint density at radius 3 is 1.43 bits per heavy atom. The third-order valence-corrected chi connectivity index (χ3v) is 13.7. The molecule has 3 atom stereocenters. The van der Waals surface area contributed by atoms with Gasteiger partial charge in [0.15, 0.2) is 0 Å². The molecule has 0 saturated heterocycles. The number of phosphoric ester groups is 1. The topological polar surface area (TPSA) is 114 Å². The number of esters is 1. The number of nitrogens with one attached hydrogen (secondary N) is 1. The Kier molecular flexibility index (Phi) is 51.6. The van der Waals surface area contributed by atoms with E-state index in [2.05, 4.69) is 117 Å². The maximum Gasteiger partial charge on any atom is 0.306 e. The molecule has 0 aliphatic heterocycles. The van der Waals surface area contributed by atoms with Crippen molar-refractivity contribution in [3.05, 3.63) is 109 Å². The summed E-state index contributed by atoms with van der Waals surface area (Å²) < 4.78 is 30.3. The van der Waals surface area contributed by atoms with Crippen molar-refractivity contribution in [3.8, 4) is 0 Å². The number of phosphoric acid groups is 1. The zero-order valence-electron chi connectivity index (χ0n) is 49.0. The number of nitrogens with zero attached hydrogens (tertiary/aromatic N) is 1. The van der Waals surface area contributed by atoms with E-state index in [0.717, 1.165) is 122 Å². The van der Waals surface area contributed by atoms with Gasteiger partial charge in [-0.05, 0) is 96.0 Å². The lowest BCUT2D eigenvalue weighted by atomic mass is 10.0. The Hall–Kier alpha value is -3.33. The van der Waals surface area contributed by atoms with Crippen molar-refractivity contribution in [3.63, 3.8) is 0 Å². The van der Waals surface area contributed by atoms with Crippen molar-refractivity contribution < 1.29 is 37.3 Å². The number of amides is 1. The van der Waals surface area contributed by atoms with Crippen molar-refractivity contribution in [2.45, 2.75) is 251 Å². The molecule has 0 saturated carbocycles. The molecular weight excluding hydrogens is 952 g/mol. The summed E-state index contributed by atoms with van der Waals surface area (Å²) >= 11 is 0. The van der Waals surface area contributed by atoms with E-state index in [0.29, 0.717) is 23.9 Å². The number of carbonyl (C=O) groups excluding carboxylic acids is 2. The van der Waals surface area contributed by atoms with Crippen LogP contribution in [0.2, 0.25) is 0 Å². The van der Waals surface area contributed by atoms with E-state index >= 15 is 0 Å². The molecule has 9 nitrogen and oxygen atoms in total. The molecule has 1 amide bonds. The Morgan fingerprint density at radius 2 is 0.920 bits per heavy atom. The molecule has 0 bridgehead atoms. The second kappa shape index (κ2) is 54.0. The average molecular weight is 1070 g/mol. The number of hydrogen-bond acceptors (Lipinski definition) is 7. The van der Waals surface area contributed by atoms with Crippen LogP contribution < -0.4 is 10.2 Å². The smallest absolute Gasteiger partial charge is 0.306 e. The van der Waals surface area contributed by atoms with E-state index in [1.165, 1.54) is 77.0 Å². The Balaban J connectivity index is 5.29. The van der Waals surface area contributed by atoms with E-state index in [4.69, 9.17) is 13.8 Å². The fraction of sp³-hybridized carbons (Fsp3) is 0.692. The third kappa shape index (κ3) is 55.2. The van der Waals surface area contributed by atoms with Crippen LogP contribution in [0.1, 0.15) is 239 Å². The van der Waals surface area contributed by atoms with Gasteiger partial charge in [-0.2, -0.15) is 0 Å². The number of carbonyl (C=O) groups is 2. The van der Waals surface area contributed by atoms with E-state index in [-0.39, 0.29) is 24.9 Å². The molecule has 0 fully saturated rings. The van der Waals surface area contributed by atoms with Crippen molar-refractivity contribution in [1.29, 1.82) is 0 Å². The highest BCUT2D eigenvalue weighted by molar-refractivity contribution is 7.45. The number of allylic oxidation sites excluding steroid dienone is 17. The molecule has 0 rings (SSSR count). The summed E-state index contributed by atoms with van der Waals surface area (Å²) in [4.78, 5) is 39.9. The van der Waals surface area contributed by atoms with Crippen molar-refractivity contribution in [2.24, 2.45) is 0 Å². The lowest BCUT2D eigenvalue weighted by Crippen LogP contribution is -2.47. The summed E-state index contributed by atoms with van der Waals surface area (Å²) in [5, 5.41) is 3.01. The zero-order valence-corrected chi connectivity index (χ0v) is 49.9. The summed E-state index contributed by atoms with van der Waals surface area (Å²) in [7, 11) is 1.15. The first-order valence-electron chi connectivity index (χ1n) is 30.2. The summed E-state index contributed by atoms with van der Waals surface area (Å²) in [5.74, 6) is -0.584. The van der Waals surface area contributed by atoms with Crippen molar-refractivity contribution in [2.75, 3.05) is 40.9 Å². The monoisotopic (exact) mass is 1060 g/mol.